The van der Waals surface area contributed by atoms with Crippen molar-refractivity contribution in [1.29, 1.82) is 0 Å². The molecule has 1 aliphatic heterocycles. The van der Waals surface area contributed by atoms with Gasteiger partial charge in [0.1, 0.15) is 5.52 Å². The first-order valence-corrected chi connectivity index (χ1v) is 11.6. The zero-order chi connectivity index (χ0) is 21.5. The lowest BCUT2D eigenvalue weighted by Gasteiger charge is -2.34. The molecule has 164 valence electrons. The Morgan fingerprint density at radius 1 is 1.27 bits per heavy atom. The number of aromatic nitrogens is 3. The summed E-state index contributed by atoms with van der Waals surface area (Å²) < 4.78 is 52.6. The van der Waals surface area contributed by atoms with Gasteiger partial charge in [-0.1, -0.05) is 0 Å². The van der Waals surface area contributed by atoms with Gasteiger partial charge in [-0.15, -0.1) is 0 Å². The minimum Gasteiger partial charge on any atom is -0.390 e. The highest BCUT2D eigenvalue weighted by Gasteiger charge is 2.44. The van der Waals surface area contributed by atoms with Crippen LogP contribution in [0.2, 0.25) is 0 Å². The van der Waals surface area contributed by atoms with E-state index in [0.29, 0.717) is 30.2 Å². The van der Waals surface area contributed by atoms with Crippen LogP contribution in [0.15, 0.2) is 18.5 Å². The second kappa shape index (κ2) is 7.82. The lowest BCUT2D eigenvalue weighted by Crippen LogP contribution is -2.51. The summed E-state index contributed by atoms with van der Waals surface area (Å²) in [4.78, 5) is 12.9. The Bertz CT molecular complexity index is 1040. The monoisotopic (exact) mass is 442 g/mol. The van der Waals surface area contributed by atoms with E-state index >= 15 is 0 Å². The second-order valence-electron chi connectivity index (χ2n) is 7.87. The first-order chi connectivity index (χ1) is 14.1. The van der Waals surface area contributed by atoms with E-state index in [-0.39, 0.29) is 31.3 Å². The average Bonchev–Trinajstić information content (AvgIpc) is 3.01. The Morgan fingerprint density at radius 2 is 2.07 bits per heavy atom. The van der Waals surface area contributed by atoms with Gasteiger partial charge in [0, 0.05) is 37.3 Å². The summed E-state index contributed by atoms with van der Waals surface area (Å²) in [7, 11) is -3.37. The molecule has 2 aromatic rings. The third kappa shape index (κ3) is 4.30. The van der Waals surface area contributed by atoms with Crippen molar-refractivity contribution in [3.63, 3.8) is 0 Å². The summed E-state index contributed by atoms with van der Waals surface area (Å²) in [5.41, 5.74) is 0.403. The summed E-state index contributed by atoms with van der Waals surface area (Å²) in [6.45, 7) is 0.251. The van der Waals surface area contributed by atoms with E-state index in [1.54, 1.807) is 12.3 Å². The molecule has 2 aliphatic rings. The number of pyridine rings is 1. The Kier molecular flexibility index (Phi) is 5.49. The summed E-state index contributed by atoms with van der Waals surface area (Å²) in [6.07, 6.45) is 4.27. The predicted molar refractivity (Wildman–Crippen MR) is 108 cm³/mol. The molecular weight excluding hydrogens is 418 g/mol. The molecule has 3 atom stereocenters. The standard InChI is InChI=1S/C18H24F2N6O3S/c1-30(28,29)26-8-5-12(13(27)10-26)23-17-22-9-11-4-7-21-16(15(11)25-17)24-14-3-2-6-18(14,19)20/h4,7,9,12-14,27H,2-3,5-6,8,10H2,1H3,(H,21,24)(H,22,23,25)/t12-,13-,14?/m1/s1. The number of hydrogen-bond acceptors (Lipinski definition) is 8. The van der Waals surface area contributed by atoms with Crippen LogP contribution in [0, 0.1) is 0 Å². The average molecular weight is 442 g/mol. The number of hydrogen-bond donors (Lipinski definition) is 3. The molecule has 0 spiro atoms. The molecule has 0 bridgehead atoms. The molecule has 9 nitrogen and oxygen atoms in total. The fourth-order valence-electron chi connectivity index (χ4n) is 3.94. The van der Waals surface area contributed by atoms with E-state index in [0.717, 1.165) is 6.26 Å². The number of nitrogens with zero attached hydrogens (tertiary/aromatic N) is 4. The Morgan fingerprint density at radius 3 is 2.73 bits per heavy atom. The molecule has 4 rings (SSSR count). The van der Waals surface area contributed by atoms with E-state index < -0.39 is 34.1 Å². The Hall–Kier alpha value is -2.18. The molecule has 1 saturated heterocycles. The van der Waals surface area contributed by atoms with Crippen molar-refractivity contribution in [3.05, 3.63) is 18.5 Å². The van der Waals surface area contributed by atoms with Crippen molar-refractivity contribution in [2.45, 2.75) is 49.8 Å². The summed E-state index contributed by atoms with van der Waals surface area (Å²) in [6, 6.07) is 0.257. The first kappa shape index (κ1) is 21.1. The fourth-order valence-corrected chi connectivity index (χ4v) is 4.80. The maximum Gasteiger partial charge on any atom is 0.267 e. The number of rotatable bonds is 5. The molecule has 0 radical (unpaired) electrons. The first-order valence-electron chi connectivity index (χ1n) is 9.79. The lowest BCUT2D eigenvalue weighted by atomic mass is 10.0. The lowest BCUT2D eigenvalue weighted by molar-refractivity contribution is -0.000653. The third-order valence-electron chi connectivity index (χ3n) is 5.65. The van der Waals surface area contributed by atoms with E-state index in [1.165, 1.54) is 10.5 Å². The van der Waals surface area contributed by atoms with Crippen LogP contribution in [0.5, 0.6) is 0 Å². The SMILES string of the molecule is CS(=O)(=O)N1CC[C@@H](Nc2ncc3ccnc(NC4CCCC4(F)F)c3n2)[C@H](O)C1. The molecule has 2 aromatic heterocycles. The molecule has 30 heavy (non-hydrogen) atoms. The molecule has 12 heteroatoms. The molecular formula is C18H24F2N6O3S. The summed E-state index contributed by atoms with van der Waals surface area (Å²) in [5.74, 6) is -2.32. The van der Waals surface area contributed by atoms with Crippen molar-refractivity contribution in [2.24, 2.45) is 0 Å². The minimum atomic E-state index is -3.37. The van der Waals surface area contributed by atoms with Crippen molar-refractivity contribution in [1.82, 2.24) is 19.3 Å². The maximum atomic E-state index is 14.0. The van der Waals surface area contributed by atoms with Gasteiger partial charge in [0.25, 0.3) is 5.92 Å². The largest absolute Gasteiger partial charge is 0.390 e. The number of aliphatic hydroxyl groups is 1. The van der Waals surface area contributed by atoms with Crippen LogP contribution in [0.3, 0.4) is 0 Å². The molecule has 1 unspecified atom stereocenters. The summed E-state index contributed by atoms with van der Waals surface area (Å²) >= 11 is 0. The molecule has 3 N–H and O–H groups in total. The minimum absolute atomic E-state index is 0.0186. The van der Waals surface area contributed by atoms with E-state index in [4.69, 9.17) is 0 Å². The highest BCUT2D eigenvalue weighted by atomic mass is 32.2. The second-order valence-corrected chi connectivity index (χ2v) is 9.85. The Balaban J connectivity index is 1.53. The number of piperidine rings is 1. The van der Waals surface area contributed by atoms with Gasteiger partial charge in [0.05, 0.1) is 24.4 Å². The molecule has 1 saturated carbocycles. The normalized spacial score (nSPS) is 27.3. The van der Waals surface area contributed by atoms with Gasteiger partial charge in [-0.05, 0) is 25.3 Å². The van der Waals surface area contributed by atoms with Crippen LogP contribution >= 0.6 is 0 Å². The predicted octanol–water partition coefficient (Wildman–Crippen LogP) is 1.43. The van der Waals surface area contributed by atoms with E-state index in [2.05, 4.69) is 25.6 Å². The van der Waals surface area contributed by atoms with Crippen LogP contribution in [-0.4, -0.2) is 76.2 Å². The van der Waals surface area contributed by atoms with Gasteiger partial charge in [-0.25, -0.2) is 32.2 Å². The number of nitrogens with one attached hydrogen (secondary N) is 2. The van der Waals surface area contributed by atoms with Crippen molar-refractivity contribution < 1.29 is 22.3 Å². The van der Waals surface area contributed by atoms with Gasteiger partial charge < -0.3 is 15.7 Å². The van der Waals surface area contributed by atoms with Crippen LogP contribution in [-0.2, 0) is 10.0 Å². The number of anilines is 2. The van der Waals surface area contributed by atoms with Gasteiger partial charge in [-0.2, -0.15) is 4.31 Å². The molecule has 3 heterocycles. The van der Waals surface area contributed by atoms with Crippen LogP contribution in [0.25, 0.3) is 10.9 Å². The molecule has 1 aliphatic carbocycles. The number of halogens is 2. The highest BCUT2D eigenvalue weighted by Crippen LogP contribution is 2.37. The quantitative estimate of drug-likeness (QED) is 0.636. The van der Waals surface area contributed by atoms with Crippen molar-refractivity contribution in [3.8, 4) is 0 Å². The molecule has 2 fully saturated rings. The summed E-state index contributed by atoms with van der Waals surface area (Å²) in [5, 5.41) is 16.9. The molecule has 0 aromatic carbocycles. The van der Waals surface area contributed by atoms with Crippen LogP contribution in [0.4, 0.5) is 20.5 Å². The number of sulfonamides is 1. The topological polar surface area (TPSA) is 120 Å². The third-order valence-corrected chi connectivity index (χ3v) is 6.92. The number of alkyl halides is 2. The van der Waals surface area contributed by atoms with Crippen LogP contribution < -0.4 is 10.6 Å². The molecule has 0 amide bonds. The van der Waals surface area contributed by atoms with Gasteiger partial charge in [0.2, 0.25) is 16.0 Å². The smallest absolute Gasteiger partial charge is 0.267 e. The van der Waals surface area contributed by atoms with Gasteiger partial charge >= 0.3 is 0 Å². The Labute approximate surface area is 173 Å². The van der Waals surface area contributed by atoms with Crippen molar-refractivity contribution >= 4 is 32.7 Å². The highest BCUT2D eigenvalue weighted by molar-refractivity contribution is 7.88. The van der Waals surface area contributed by atoms with Gasteiger partial charge in [-0.3, -0.25) is 0 Å². The number of fused-ring (bicyclic) bond motifs is 1. The van der Waals surface area contributed by atoms with Gasteiger partial charge in [0.15, 0.2) is 5.82 Å². The zero-order valence-electron chi connectivity index (χ0n) is 16.4. The fraction of sp³-hybridized carbons (Fsp3) is 0.611. The van der Waals surface area contributed by atoms with E-state index in [9.17, 15) is 22.3 Å². The number of β-amino-alcohol motifs (C(OH)–C–C–N with tert-alkyl or cyclic N) is 1. The van der Waals surface area contributed by atoms with E-state index in [1.807, 2.05) is 0 Å². The van der Waals surface area contributed by atoms with Crippen molar-refractivity contribution in [2.75, 3.05) is 30.0 Å². The zero-order valence-corrected chi connectivity index (χ0v) is 17.2. The maximum absolute atomic E-state index is 14.0. The number of aliphatic hydroxyl groups excluding tert-OH is 1. The van der Waals surface area contributed by atoms with Crippen LogP contribution in [0.1, 0.15) is 25.7 Å².